The molecule has 0 aliphatic heterocycles. The Kier molecular flexibility index (Phi) is 6.85. The molecule has 30 heavy (non-hydrogen) atoms. The minimum Gasteiger partial charge on any atom is -0.488 e. The van der Waals surface area contributed by atoms with E-state index in [1.807, 2.05) is 31.2 Å². The molecule has 0 saturated heterocycles. The largest absolute Gasteiger partial charge is 0.488 e. The van der Waals surface area contributed by atoms with E-state index in [1.165, 1.54) is 5.56 Å². The number of para-hydroxylation sites is 1. The van der Waals surface area contributed by atoms with Gasteiger partial charge in [-0.25, -0.2) is 4.79 Å². The molecule has 0 atom stereocenters. The second-order valence-electron chi connectivity index (χ2n) is 6.76. The van der Waals surface area contributed by atoms with Crippen molar-refractivity contribution in [3.8, 4) is 5.75 Å². The summed E-state index contributed by atoms with van der Waals surface area (Å²) in [7, 11) is 0. The van der Waals surface area contributed by atoms with Crippen molar-refractivity contribution < 1.29 is 23.6 Å². The first-order chi connectivity index (χ1) is 14.5. The predicted molar refractivity (Wildman–Crippen MR) is 111 cm³/mol. The van der Waals surface area contributed by atoms with Crippen LogP contribution >= 0.6 is 0 Å². The molecule has 1 amide bonds. The number of ether oxygens (including phenoxy) is 2. The fourth-order valence-electron chi connectivity index (χ4n) is 2.85. The Balaban J connectivity index is 1.57. The van der Waals surface area contributed by atoms with Crippen molar-refractivity contribution in [1.82, 2.24) is 5.16 Å². The van der Waals surface area contributed by atoms with Crippen LogP contribution in [-0.4, -0.2) is 23.6 Å². The number of benzene rings is 2. The van der Waals surface area contributed by atoms with Crippen LogP contribution in [0.1, 0.15) is 39.9 Å². The van der Waals surface area contributed by atoms with Gasteiger partial charge in [0.1, 0.15) is 23.7 Å². The standard InChI is InChI=1S/C23H24N2O5/c1-4-17-9-11-18(12-10-17)24-22(26)14-29-23(27)19-7-5-6-8-21(19)28-13-20-15(2)25-30-16(20)3/h5-12H,4,13-14H2,1-3H3,(H,24,26). The maximum absolute atomic E-state index is 12.5. The van der Waals surface area contributed by atoms with E-state index in [0.29, 0.717) is 17.2 Å². The number of aryl methyl sites for hydroxylation is 3. The van der Waals surface area contributed by atoms with E-state index in [-0.39, 0.29) is 12.2 Å². The van der Waals surface area contributed by atoms with Crippen LogP contribution in [0.25, 0.3) is 0 Å². The highest BCUT2D eigenvalue weighted by molar-refractivity contribution is 5.96. The minimum atomic E-state index is -0.638. The number of aromatic nitrogens is 1. The summed E-state index contributed by atoms with van der Waals surface area (Å²) in [5, 5.41) is 6.59. The van der Waals surface area contributed by atoms with Crippen LogP contribution in [-0.2, 0) is 22.6 Å². The number of anilines is 1. The molecular weight excluding hydrogens is 384 g/mol. The number of nitrogens with zero attached hydrogens (tertiary/aromatic N) is 1. The van der Waals surface area contributed by atoms with Gasteiger partial charge < -0.3 is 19.3 Å². The third-order valence-electron chi connectivity index (χ3n) is 4.64. The van der Waals surface area contributed by atoms with Gasteiger partial charge in [0.2, 0.25) is 0 Å². The number of nitrogens with one attached hydrogen (secondary N) is 1. The smallest absolute Gasteiger partial charge is 0.342 e. The zero-order chi connectivity index (χ0) is 21.5. The van der Waals surface area contributed by atoms with E-state index in [2.05, 4.69) is 17.4 Å². The highest BCUT2D eigenvalue weighted by Gasteiger charge is 2.17. The van der Waals surface area contributed by atoms with Crippen LogP contribution in [0.4, 0.5) is 5.69 Å². The molecule has 0 saturated carbocycles. The monoisotopic (exact) mass is 408 g/mol. The summed E-state index contributed by atoms with van der Waals surface area (Å²) < 4.78 is 16.1. The zero-order valence-corrected chi connectivity index (χ0v) is 17.2. The van der Waals surface area contributed by atoms with E-state index in [1.54, 1.807) is 31.2 Å². The molecule has 1 aromatic heterocycles. The average molecular weight is 408 g/mol. The number of hydrogen-bond acceptors (Lipinski definition) is 6. The topological polar surface area (TPSA) is 90.7 Å². The second kappa shape index (κ2) is 9.73. The van der Waals surface area contributed by atoms with Gasteiger partial charge in [0.25, 0.3) is 5.91 Å². The molecule has 1 N–H and O–H groups in total. The van der Waals surface area contributed by atoms with Crippen LogP contribution in [0.3, 0.4) is 0 Å². The molecule has 7 heteroatoms. The molecule has 3 rings (SSSR count). The summed E-state index contributed by atoms with van der Waals surface area (Å²) in [6.07, 6.45) is 0.920. The Bertz CT molecular complexity index is 1000. The van der Waals surface area contributed by atoms with Crippen molar-refractivity contribution >= 4 is 17.6 Å². The second-order valence-corrected chi connectivity index (χ2v) is 6.76. The predicted octanol–water partition coefficient (Wildman–Crippen LogP) is 4.23. The van der Waals surface area contributed by atoms with Gasteiger partial charge in [-0.2, -0.15) is 0 Å². The van der Waals surface area contributed by atoms with Crippen LogP contribution < -0.4 is 10.1 Å². The van der Waals surface area contributed by atoms with Crippen molar-refractivity contribution in [2.75, 3.05) is 11.9 Å². The van der Waals surface area contributed by atoms with Gasteiger partial charge >= 0.3 is 5.97 Å². The fourth-order valence-corrected chi connectivity index (χ4v) is 2.85. The van der Waals surface area contributed by atoms with Gasteiger partial charge in [0.05, 0.1) is 11.3 Å². The number of esters is 1. The molecule has 0 aliphatic carbocycles. The average Bonchev–Trinajstić information content (AvgIpc) is 3.08. The fraction of sp³-hybridized carbons (Fsp3) is 0.261. The summed E-state index contributed by atoms with van der Waals surface area (Å²) in [6.45, 7) is 5.49. The van der Waals surface area contributed by atoms with Gasteiger partial charge in [0, 0.05) is 5.69 Å². The van der Waals surface area contributed by atoms with E-state index >= 15 is 0 Å². The van der Waals surface area contributed by atoms with E-state index in [0.717, 1.165) is 17.7 Å². The van der Waals surface area contributed by atoms with Crippen LogP contribution in [0.5, 0.6) is 5.75 Å². The van der Waals surface area contributed by atoms with Gasteiger partial charge in [0.15, 0.2) is 6.61 Å². The Morgan fingerprint density at radius 3 is 2.47 bits per heavy atom. The highest BCUT2D eigenvalue weighted by atomic mass is 16.5. The van der Waals surface area contributed by atoms with E-state index in [4.69, 9.17) is 14.0 Å². The molecule has 0 unspecified atom stereocenters. The molecule has 0 spiro atoms. The Morgan fingerprint density at radius 1 is 1.07 bits per heavy atom. The molecule has 0 fully saturated rings. The molecule has 3 aromatic rings. The summed E-state index contributed by atoms with van der Waals surface area (Å²) >= 11 is 0. The first kappa shape index (κ1) is 21.1. The van der Waals surface area contributed by atoms with Crippen LogP contribution in [0, 0.1) is 13.8 Å². The summed E-state index contributed by atoms with van der Waals surface area (Å²) in [6, 6.07) is 14.2. The molecule has 7 nitrogen and oxygen atoms in total. The van der Waals surface area contributed by atoms with E-state index in [9.17, 15) is 9.59 Å². The first-order valence-electron chi connectivity index (χ1n) is 9.67. The van der Waals surface area contributed by atoms with Gasteiger partial charge in [-0.3, -0.25) is 4.79 Å². The van der Waals surface area contributed by atoms with E-state index < -0.39 is 18.5 Å². The van der Waals surface area contributed by atoms with Crippen molar-refractivity contribution in [1.29, 1.82) is 0 Å². The lowest BCUT2D eigenvalue weighted by Gasteiger charge is -2.11. The number of rotatable bonds is 8. The summed E-state index contributed by atoms with van der Waals surface area (Å²) in [4.78, 5) is 24.6. The maximum atomic E-state index is 12.5. The zero-order valence-electron chi connectivity index (χ0n) is 17.2. The Morgan fingerprint density at radius 2 is 1.80 bits per heavy atom. The lowest BCUT2D eigenvalue weighted by Crippen LogP contribution is -2.21. The van der Waals surface area contributed by atoms with Crippen molar-refractivity contribution in [2.24, 2.45) is 0 Å². The lowest BCUT2D eigenvalue weighted by atomic mass is 10.1. The number of hydrogen-bond donors (Lipinski definition) is 1. The molecule has 0 bridgehead atoms. The lowest BCUT2D eigenvalue weighted by molar-refractivity contribution is -0.119. The van der Waals surface area contributed by atoms with Crippen LogP contribution in [0.2, 0.25) is 0 Å². The summed E-state index contributed by atoms with van der Waals surface area (Å²) in [5.41, 5.74) is 3.62. The van der Waals surface area contributed by atoms with Crippen LogP contribution in [0.15, 0.2) is 53.1 Å². The maximum Gasteiger partial charge on any atom is 0.342 e. The molecule has 2 aromatic carbocycles. The number of carbonyl (C=O) groups is 2. The Hall–Kier alpha value is -3.61. The molecule has 0 radical (unpaired) electrons. The molecule has 1 heterocycles. The van der Waals surface area contributed by atoms with Crippen molar-refractivity contribution in [3.63, 3.8) is 0 Å². The Labute approximate surface area is 175 Å². The number of carbonyl (C=O) groups excluding carboxylic acids is 2. The SMILES string of the molecule is CCc1ccc(NC(=O)COC(=O)c2ccccc2OCc2c(C)noc2C)cc1. The van der Waals surface area contributed by atoms with Crippen molar-refractivity contribution in [2.45, 2.75) is 33.8 Å². The molecular formula is C23H24N2O5. The third-order valence-corrected chi connectivity index (χ3v) is 4.64. The third kappa shape index (κ3) is 5.26. The normalized spacial score (nSPS) is 10.5. The number of amides is 1. The van der Waals surface area contributed by atoms with Gasteiger partial charge in [-0.05, 0) is 50.1 Å². The molecule has 0 aliphatic rings. The van der Waals surface area contributed by atoms with Crippen molar-refractivity contribution in [3.05, 3.63) is 76.7 Å². The first-order valence-corrected chi connectivity index (χ1v) is 9.67. The van der Waals surface area contributed by atoms with Gasteiger partial charge in [-0.1, -0.05) is 36.3 Å². The minimum absolute atomic E-state index is 0.208. The molecule has 156 valence electrons. The highest BCUT2D eigenvalue weighted by Crippen LogP contribution is 2.22. The van der Waals surface area contributed by atoms with Gasteiger partial charge in [-0.15, -0.1) is 0 Å². The summed E-state index contributed by atoms with van der Waals surface area (Å²) in [5.74, 6) is -0.0307. The quantitative estimate of drug-likeness (QED) is 0.561.